The van der Waals surface area contributed by atoms with Crippen molar-refractivity contribution in [3.05, 3.63) is 0 Å². The van der Waals surface area contributed by atoms with Gasteiger partial charge in [0.05, 0.1) is 18.9 Å². The van der Waals surface area contributed by atoms with E-state index in [2.05, 4.69) is 10.5 Å². The highest BCUT2D eigenvalue weighted by Crippen LogP contribution is 2.11. The summed E-state index contributed by atoms with van der Waals surface area (Å²) >= 11 is 0. The van der Waals surface area contributed by atoms with Crippen LogP contribution in [0.4, 0.5) is 0 Å². The average molecular weight is 184 g/mol. The molecule has 0 bridgehead atoms. The van der Waals surface area contributed by atoms with E-state index in [1.807, 2.05) is 0 Å². The molecule has 0 saturated heterocycles. The van der Waals surface area contributed by atoms with Crippen molar-refractivity contribution in [2.24, 2.45) is 11.0 Å². The monoisotopic (exact) mass is 184 g/mol. The van der Waals surface area contributed by atoms with E-state index >= 15 is 0 Å². The lowest BCUT2D eigenvalue weighted by molar-refractivity contribution is -0.145. The second-order valence-electron chi connectivity index (χ2n) is 2.79. The molecular weight excluding hydrogens is 172 g/mol. The van der Waals surface area contributed by atoms with Crippen LogP contribution in [0.25, 0.3) is 0 Å². The molecule has 72 valence electrons. The molecule has 0 aromatic carbocycles. The molecule has 1 unspecified atom stereocenters. The smallest absolute Gasteiger partial charge is 0.306 e. The van der Waals surface area contributed by atoms with Gasteiger partial charge in [-0.25, -0.2) is 5.43 Å². The number of amides is 1. The summed E-state index contributed by atoms with van der Waals surface area (Å²) in [6.45, 7) is 3.78. The van der Waals surface area contributed by atoms with E-state index in [-0.39, 0.29) is 18.3 Å². The Balaban J connectivity index is 2.48. The van der Waals surface area contributed by atoms with Crippen molar-refractivity contribution in [3.63, 3.8) is 0 Å². The van der Waals surface area contributed by atoms with E-state index < -0.39 is 5.92 Å². The first-order chi connectivity index (χ1) is 6.15. The SMILES string of the molecule is CCOC(=O)CC1C(=O)NN=C1C. The Hall–Kier alpha value is -1.39. The second kappa shape index (κ2) is 4.02. The van der Waals surface area contributed by atoms with Crippen molar-refractivity contribution >= 4 is 17.6 Å². The van der Waals surface area contributed by atoms with Crippen molar-refractivity contribution in [1.82, 2.24) is 5.43 Å². The van der Waals surface area contributed by atoms with Crippen LogP contribution < -0.4 is 5.43 Å². The molecule has 1 aliphatic heterocycles. The van der Waals surface area contributed by atoms with Gasteiger partial charge in [-0.3, -0.25) is 9.59 Å². The van der Waals surface area contributed by atoms with E-state index in [0.717, 1.165) is 0 Å². The molecule has 0 aromatic rings. The quantitative estimate of drug-likeness (QED) is 0.631. The minimum Gasteiger partial charge on any atom is -0.466 e. The molecule has 5 nitrogen and oxygen atoms in total. The van der Waals surface area contributed by atoms with Gasteiger partial charge in [-0.15, -0.1) is 0 Å². The molecule has 5 heteroatoms. The molecule has 0 spiro atoms. The number of hydrazone groups is 1. The Kier molecular flexibility index (Phi) is 3.00. The predicted molar refractivity (Wildman–Crippen MR) is 46.0 cm³/mol. The standard InChI is InChI=1S/C8H12N2O3/c1-3-13-7(11)4-6-5(2)9-10-8(6)12/h6H,3-4H2,1-2H3,(H,10,12). The second-order valence-corrected chi connectivity index (χ2v) is 2.79. The van der Waals surface area contributed by atoms with Crippen LogP contribution in [0.15, 0.2) is 5.10 Å². The Morgan fingerprint density at radius 2 is 2.38 bits per heavy atom. The molecule has 13 heavy (non-hydrogen) atoms. The summed E-state index contributed by atoms with van der Waals surface area (Å²) in [6, 6.07) is 0. The van der Waals surface area contributed by atoms with Crippen molar-refractivity contribution in [3.8, 4) is 0 Å². The summed E-state index contributed by atoms with van der Waals surface area (Å²) in [7, 11) is 0. The minimum absolute atomic E-state index is 0.0784. The van der Waals surface area contributed by atoms with E-state index in [1.165, 1.54) is 0 Å². The zero-order chi connectivity index (χ0) is 9.84. The van der Waals surface area contributed by atoms with Gasteiger partial charge in [0.15, 0.2) is 0 Å². The summed E-state index contributed by atoms with van der Waals surface area (Å²) in [5.74, 6) is -1.04. The highest BCUT2D eigenvalue weighted by atomic mass is 16.5. The molecule has 0 aromatic heterocycles. The molecule has 1 amide bonds. The third-order valence-corrected chi connectivity index (χ3v) is 1.84. The molecule has 1 aliphatic rings. The fourth-order valence-electron chi connectivity index (χ4n) is 1.12. The zero-order valence-corrected chi connectivity index (χ0v) is 7.66. The predicted octanol–water partition coefficient (Wildman–Crippen LogP) is 0.0615. The van der Waals surface area contributed by atoms with Crippen LogP contribution in [0.1, 0.15) is 20.3 Å². The molecular formula is C8H12N2O3. The summed E-state index contributed by atoms with van der Waals surface area (Å²) in [5, 5.41) is 3.72. The van der Waals surface area contributed by atoms with Crippen LogP contribution in [-0.4, -0.2) is 24.2 Å². The first kappa shape index (κ1) is 9.70. The highest BCUT2D eigenvalue weighted by molar-refractivity contribution is 6.08. The number of rotatable bonds is 3. The van der Waals surface area contributed by atoms with Gasteiger partial charge < -0.3 is 4.74 Å². The fourth-order valence-corrected chi connectivity index (χ4v) is 1.12. The Morgan fingerprint density at radius 1 is 1.69 bits per heavy atom. The zero-order valence-electron chi connectivity index (χ0n) is 7.66. The van der Waals surface area contributed by atoms with Gasteiger partial charge in [0, 0.05) is 5.71 Å². The lowest BCUT2D eigenvalue weighted by atomic mass is 10.0. The molecule has 1 rings (SSSR count). The average Bonchev–Trinajstić information content (AvgIpc) is 2.36. The van der Waals surface area contributed by atoms with Crippen molar-refractivity contribution in [1.29, 1.82) is 0 Å². The molecule has 1 heterocycles. The van der Waals surface area contributed by atoms with Crippen LogP contribution >= 0.6 is 0 Å². The summed E-state index contributed by atoms with van der Waals surface area (Å²) in [4.78, 5) is 22.1. The summed E-state index contributed by atoms with van der Waals surface area (Å²) in [6.07, 6.45) is 0.0784. The van der Waals surface area contributed by atoms with Gasteiger partial charge in [0.25, 0.3) is 0 Å². The van der Waals surface area contributed by atoms with Crippen molar-refractivity contribution < 1.29 is 14.3 Å². The summed E-state index contributed by atoms with van der Waals surface area (Å²) in [5.41, 5.74) is 2.95. The van der Waals surface area contributed by atoms with Gasteiger partial charge in [-0.1, -0.05) is 0 Å². The van der Waals surface area contributed by atoms with E-state index in [1.54, 1.807) is 13.8 Å². The molecule has 0 fully saturated rings. The fraction of sp³-hybridized carbons (Fsp3) is 0.625. The van der Waals surface area contributed by atoms with Crippen molar-refractivity contribution in [2.75, 3.05) is 6.61 Å². The molecule has 0 radical (unpaired) electrons. The maximum Gasteiger partial charge on any atom is 0.306 e. The number of nitrogens with one attached hydrogen (secondary N) is 1. The Labute approximate surface area is 76.1 Å². The lowest BCUT2D eigenvalue weighted by Gasteiger charge is -2.06. The maximum atomic E-state index is 11.1. The van der Waals surface area contributed by atoms with E-state index in [4.69, 9.17) is 4.74 Å². The third-order valence-electron chi connectivity index (χ3n) is 1.84. The van der Waals surface area contributed by atoms with E-state index in [9.17, 15) is 9.59 Å². The van der Waals surface area contributed by atoms with Gasteiger partial charge in [-0.05, 0) is 13.8 Å². The van der Waals surface area contributed by atoms with Crippen molar-refractivity contribution in [2.45, 2.75) is 20.3 Å². The normalized spacial score (nSPS) is 20.9. The highest BCUT2D eigenvalue weighted by Gasteiger charge is 2.29. The number of carbonyl (C=O) groups excluding carboxylic acids is 2. The Morgan fingerprint density at radius 3 is 2.85 bits per heavy atom. The number of hydrogen-bond donors (Lipinski definition) is 1. The number of esters is 1. The van der Waals surface area contributed by atoms with Gasteiger partial charge >= 0.3 is 5.97 Å². The van der Waals surface area contributed by atoms with Gasteiger partial charge in [0.2, 0.25) is 5.91 Å². The van der Waals surface area contributed by atoms with Crippen LogP contribution in [0.5, 0.6) is 0 Å². The van der Waals surface area contributed by atoms with Gasteiger partial charge in [0.1, 0.15) is 0 Å². The maximum absolute atomic E-state index is 11.1. The Bertz CT molecular complexity index is 260. The molecule has 1 N–H and O–H groups in total. The molecule has 0 saturated carbocycles. The first-order valence-electron chi connectivity index (χ1n) is 4.14. The van der Waals surface area contributed by atoms with Crippen LogP contribution in [0.3, 0.4) is 0 Å². The third kappa shape index (κ3) is 2.27. The van der Waals surface area contributed by atoms with Gasteiger partial charge in [-0.2, -0.15) is 5.10 Å². The molecule has 0 aliphatic carbocycles. The number of carbonyl (C=O) groups is 2. The minimum atomic E-state index is -0.445. The van der Waals surface area contributed by atoms with E-state index in [0.29, 0.717) is 12.3 Å². The number of ether oxygens (including phenoxy) is 1. The molecule has 1 atom stereocenters. The topological polar surface area (TPSA) is 67.8 Å². The van der Waals surface area contributed by atoms with Crippen LogP contribution in [0, 0.1) is 5.92 Å². The summed E-state index contributed by atoms with van der Waals surface area (Å²) < 4.78 is 4.73. The first-order valence-corrected chi connectivity index (χ1v) is 4.14. The number of hydrogen-bond acceptors (Lipinski definition) is 4. The number of nitrogens with zero attached hydrogens (tertiary/aromatic N) is 1. The lowest BCUT2D eigenvalue weighted by Crippen LogP contribution is -2.25. The van der Waals surface area contributed by atoms with Crippen LogP contribution in [-0.2, 0) is 14.3 Å². The van der Waals surface area contributed by atoms with Crippen LogP contribution in [0.2, 0.25) is 0 Å². The largest absolute Gasteiger partial charge is 0.466 e.